The Hall–Kier alpha value is -2.95. The fraction of sp³-hybridized carbons (Fsp3) is 0.481. The Labute approximate surface area is 220 Å². The van der Waals surface area contributed by atoms with Crippen molar-refractivity contribution in [3.63, 3.8) is 0 Å². The van der Waals surface area contributed by atoms with Crippen molar-refractivity contribution in [2.45, 2.75) is 45.4 Å². The molecule has 0 aromatic heterocycles. The molecule has 0 radical (unpaired) electrons. The second-order valence-corrected chi connectivity index (χ2v) is 11.2. The van der Waals surface area contributed by atoms with Gasteiger partial charge in [-0.1, -0.05) is 42.5 Å². The van der Waals surface area contributed by atoms with E-state index in [0.717, 1.165) is 21.7 Å². The number of carbonyl (C=O) groups is 2. The minimum absolute atomic E-state index is 0.103. The van der Waals surface area contributed by atoms with Crippen molar-refractivity contribution in [1.29, 1.82) is 0 Å². The van der Waals surface area contributed by atoms with E-state index in [-0.39, 0.29) is 31.5 Å². The number of amides is 2. The number of sulfonamides is 1. The second kappa shape index (κ2) is 14.7. The van der Waals surface area contributed by atoms with Crippen LogP contribution < -0.4 is 10.1 Å². The van der Waals surface area contributed by atoms with Gasteiger partial charge in [-0.15, -0.1) is 0 Å². The monoisotopic (exact) mass is 533 g/mol. The lowest BCUT2D eigenvalue weighted by molar-refractivity contribution is -0.141. The highest BCUT2D eigenvalue weighted by molar-refractivity contribution is 7.88. The highest BCUT2D eigenvalue weighted by Gasteiger charge is 2.31. The fourth-order valence-corrected chi connectivity index (χ4v) is 3.95. The molecule has 0 fully saturated rings. The largest absolute Gasteiger partial charge is 0.497 e. The quantitative estimate of drug-likeness (QED) is 0.353. The van der Waals surface area contributed by atoms with Crippen LogP contribution in [0.1, 0.15) is 31.4 Å². The van der Waals surface area contributed by atoms with Gasteiger partial charge in [0.15, 0.2) is 0 Å². The zero-order chi connectivity index (χ0) is 27.4. The molecular formula is C27H39N3O6S. The van der Waals surface area contributed by atoms with Gasteiger partial charge in [0.25, 0.3) is 0 Å². The van der Waals surface area contributed by atoms with Gasteiger partial charge in [0.05, 0.1) is 26.0 Å². The minimum Gasteiger partial charge on any atom is -0.497 e. The van der Waals surface area contributed by atoms with Crippen LogP contribution >= 0.6 is 0 Å². The van der Waals surface area contributed by atoms with E-state index in [0.29, 0.717) is 25.3 Å². The summed E-state index contributed by atoms with van der Waals surface area (Å²) in [5, 5.41) is 2.94. The Morgan fingerprint density at radius 2 is 1.65 bits per heavy atom. The van der Waals surface area contributed by atoms with E-state index in [1.54, 1.807) is 19.2 Å². The second-order valence-electron chi connectivity index (χ2n) is 9.16. The molecule has 37 heavy (non-hydrogen) atoms. The molecule has 2 amide bonds. The molecule has 0 unspecified atom stereocenters. The lowest BCUT2D eigenvalue weighted by Crippen LogP contribution is -2.53. The number of carbonyl (C=O) groups excluding carboxylic acids is 2. The molecule has 204 valence electrons. The summed E-state index contributed by atoms with van der Waals surface area (Å²) in [5.74, 6) is -0.110. The summed E-state index contributed by atoms with van der Waals surface area (Å²) in [6, 6.07) is 15.8. The summed E-state index contributed by atoms with van der Waals surface area (Å²) >= 11 is 0. The first-order chi connectivity index (χ1) is 17.5. The molecular weight excluding hydrogens is 494 g/mol. The van der Waals surface area contributed by atoms with E-state index < -0.39 is 22.0 Å². The van der Waals surface area contributed by atoms with Crippen LogP contribution in [-0.2, 0) is 37.3 Å². The van der Waals surface area contributed by atoms with Crippen molar-refractivity contribution in [3.05, 3.63) is 65.7 Å². The van der Waals surface area contributed by atoms with E-state index in [1.807, 2.05) is 56.3 Å². The number of likely N-dealkylation sites (N-methyl/N-ethyl adjacent to an activating group) is 1. The van der Waals surface area contributed by atoms with Gasteiger partial charge in [0.1, 0.15) is 11.8 Å². The van der Waals surface area contributed by atoms with Crippen LogP contribution in [0.2, 0.25) is 0 Å². The van der Waals surface area contributed by atoms with Crippen LogP contribution in [-0.4, -0.2) is 81.7 Å². The third-order valence-electron chi connectivity index (χ3n) is 5.78. The Bertz CT molecular complexity index is 1090. The third kappa shape index (κ3) is 10.5. The van der Waals surface area contributed by atoms with Crippen LogP contribution in [0.5, 0.6) is 5.75 Å². The first kappa shape index (κ1) is 30.3. The predicted octanol–water partition coefficient (Wildman–Crippen LogP) is 2.46. The summed E-state index contributed by atoms with van der Waals surface area (Å²) in [6.45, 7) is 4.55. The topological polar surface area (TPSA) is 105 Å². The normalized spacial score (nSPS) is 12.4. The highest BCUT2D eigenvalue weighted by atomic mass is 32.2. The first-order valence-electron chi connectivity index (χ1n) is 12.3. The van der Waals surface area contributed by atoms with E-state index in [9.17, 15) is 18.0 Å². The molecule has 0 bridgehead atoms. The van der Waals surface area contributed by atoms with Gasteiger partial charge < -0.3 is 19.7 Å². The SMILES string of the molecule is COc1ccc(CN(C(=O)CN(C)S(C)(=O)=O)[C@H](Cc2ccccc2)C(=O)NCCCOC(C)C)cc1. The van der Waals surface area contributed by atoms with Crippen LogP contribution in [0.4, 0.5) is 0 Å². The Morgan fingerprint density at radius 3 is 2.22 bits per heavy atom. The molecule has 0 spiro atoms. The van der Waals surface area contributed by atoms with E-state index in [4.69, 9.17) is 9.47 Å². The third-order valence-corrected chi connectivity index (χ3v) is 7.04. The Morgan fingerprint density at radius 1 is 1.00 bits per heavy atom. The standard InChI is InChI=1S/C27H39N3O6S/c1-21(2)36-17-9-16-28-27(32)25(18-22-10-7-6-8-11-22)30(26(31)20-29(3)37(5,33)34)19-23-12-14-24(35-4)15-13-23/h6-8,10-15,21,25H,9,16-20H2,1-5H3,(H,28,32)/t25-/m1/s1. The maximum atomic E-state index is 13.5. The van der Waals surface area contributed by atoms with Crippen molar-refractivity contribution < 1.29 is 27.5 Å². The molecule has 0 aliphatic heterocycles. The van der Waals surface area contributed by atoms with Crippen molar-refractivity contribution in [1.82, 2.24) is 14.5 Å². The van der Waals surface area contributed by atoms with Crippen molar-refractivity contribution >= 4 is 21.8 Å². The van der Waals surface area contributed by atoms with E-state index in [1.165, 1.54) is 11.9 Å². The summed E-state index contributed by atoms with van der Waals surface area (Å²) in [4.78, 5) is 28.4. The molecule has 1 N–H and O–H groups in total. The van der Waals surface area contributed by atoms with Gasteiger partial charge in [0.2, 0.25) is 21.8 Å². The average molecular weight is 534 g/mol. The smallest absolute Gasteiger partial charge is 0.243 e. The molecule has 2 rings (SSSR count). The molecule has 0 aliphatic carbocycles. The molecule has 0 saturated heterocycles. The van der Waals surface area contributed by atoms with Gasteiger partial charge in [-0.05, 0) is 43.5 Å². The van der Waals surface area contributed by atoms with E-state index in [2.05, 4.69) is 5.32 Å². The van der Waals surface area contributed by atoms with Crippen molar-refractivity contribution in [3.8, 4) is 5.75 Å². The summed E-state index contributed by atoms with van der Waals surface area (Å²) in [7, 11) is -0.676. The van der Waals surface area contributed by atoms with Gasteiger partial charge in [-0.25, -0.2) is 8.42 Å². The van der Waals surface area contributed by atoms with Crippen LogP contribution in [0.25, 0.3) is 0 Å². The van der Waals surface area contributed by atoms with E-state index >= 15 is 0 Å². The number of benzene rings is 2. The van der Waals surface area contributed by atoms with Crippen LogP contribution in [0.3, 0.4) is 0 Å². The highest BCUT2D eigenvalue weighted by Crippen LogP contribution is 2.18. The molecule has 1 atom stereocenters. The number of ether oxygens (including phenoxy) is 2. The van der Waals surface area contributed by atoms with Crippen LogP contribution in [0.15, 0.2) is 54.6 Å². The first-order valence-corrected chi connectivity index (χ1v) is 14.1. The average Bonchev–Trinajstić information content (AvgIpc) is 2.86. The number of hydrogen-bond acceptors (Lipinski definition) is 6. The number of nitrogens with zero attached hydrogens (tertiary/aromatic N) is 2. The number of rotatable bonds is 15. The Balaban J connectivity index is 2.34. The van der Waals surface area contributed by atoms with Crippen molar-refractivity contribution in [2.24, 2.45) is 0 Å². The summed E-state index contributed by atoms with van der Waals surface area (Å²) in [6.07, 6.45) is 2.05. The molecule has 10 heteroatoms. The predicted molar refractivity (Wildman–Crippen MR) is 144 cm³/mol. The molecule has 2 aromatic carbocycles. The lowest BCUT2D eigenvalue weighted by Gasteiger charge is -2.32. The maximum absolute atomic E-state index is 13.5. The van der Waals surface area contributed by atoms with Gasteiger partial charge in [-0.2, -0.15) is 4.31 Å². The number of nitrogens with one attached hydrogen (secondary N) is 1. The maximum Gasteiger partial charge on any atom is 0.243 e. The lowest BCUT2D eigenvalue weighted by atomic mass is 10.0. The van der Waals surface area contributed by atoms with Crippen molar-refractivity contribution in [2.75, 3.05) is 40.1 Å². The Kier molecular flexibility index (Phi) is 12.0. The summed E-state index contributed by atoms with van der Waals surface area (Å²) in [5.41, 5.74) is 1.67. The number of methoxy groups -OCH3 is 1. The zero-order valence-electron chi connectivity index (χ0n) is 22.3. The molecule has 0 heterocycles. The fourth-order valence-electron chi connectivity index (χ4n) is 3.60. The molecule has 9 nitrogen and oxygen atoms in total. The molecule has 0 saturated carbocycles. The number of hydrogen-bond donors (Lipinski definition) is 1. The zero-order valence-corrected chi connectivity index (χ0v) is 23.2. The minimum atomic E-state index is -3.59. The molecule has 2 aromatic rings. The van der Waals surface area contributed by atoms with Gasteiger partial charge in [-0.3, -0.25) is 9.59 Å². The van der Waals surface area contributed by atoms with Gasteiger partial charge >= 0.3 is 0 Å². The molecule has 0 aliphatic rings. The van der Waals surface area contributed by atoms with Crippen LogP contribution in [0, 0.1) is 0 Å². The van der Waals surface area contributed by atoms with Gasteiger partial charge in [0, 0.05) is 33.2 Å². The summed E-state index contributed by atoms with van der Waals surface area (Å²) < 4.78 is 35.8.